The molecule has 0 radical (unpaired) electrons. The summed E-state index contributed by atoms with van der Waals surface area (Å²) >= 11 is 0. The maximum Gasteiger partial charge on any atom is 0.0645 e. The fourth-order valence-corrected chi connectivity index (χ4v) is 2.04. The van der Waals surface area contributed by atoms with Crippen molar-refractivity contribution in [1.82, 2.24) is 4.57 Å². The van der Waals surface area contributed by atoms with E-state index in [1.807, 2.05) is 0 Å². The van der Waals surface area contributed by atoms with Gasteiger partial charge in [0.25, 0.3) is 0 Å². The van der Waals surface area contributed by atoms with Gasteiger partial charge >= 0.3 is 0 Å². The van der Waals surface area contributed by atoms with Gasteiger partial charge < -0.3 is 15.0 Å². The minimum atomic E-state index is 0.247. The minimum Gasteiger partial charge on any atom is -0.380 e. The van der Waals surface area contributed by atoms with E-state index in [1.165, 1.54) is 24.8 Å². The largest absolute Gasteiger partial charge is 0.380 e. The minimum absolute atomic E-state index is 0.247. The summed E-state index contributed by atoms with van der Waals surface area (Å²) in [5.41, 5.74) is 7.44. The van der Waals surface area contributed by atoms with Crippen LogP contribution in [0.5, 0.6) is 0 Å². The Morgan fingerprint density at radius 3 is 3.00 bits per heavy atom. The quantitative estimate of drug-likeness (QED) is 0.705. The molecule has 1 fully saturated rings. The number of nitrogens with two attached hydrogens (primary N) is 1. The second-order valence-electron chi connectivity index (χ2n) is 5.01. The summed E-state index contributed by atoms with van der Waals surface area (Å²) in [6.45, 7) is 4.79. The Labute approximate surface area is 104 Å². The summed E-state index contributed by atoms with van der Waals surface area (Å²) in [5.74, 6) is 0.728. The van der Waals surface area contributed by atoms with Crippen molar-refractivity contribution in [2.24, 2.45) is 11.7 Å². The van der Waals surface area contributed by atoms with Crippen LogP contribution >= 0.6 is 0 Å². The van der Waals surface area contributed by atoms with Crippen LogP contribution in [0.15, 0.2) is 18.5 Å². The number of ether oxygens (including phenoxy) is 1. The van der Waals surface area contributed by atoms with Gasteiger partial charge in [0.1, 0.15) is 0 Å². The molecule has 1 atom stereocenters. The van der Waals surface area contributed by atoms with Crippen molar-refractivity contribution in [3.8, 4) is 0 Å². The summed E-state index contributed by atoms with van der Waals surface area (Å²) in [5, 5.41) is 0. The van der Waals surface area contributed by atoms with Gasteiger partial charge in [-0.05, 0) is 36.8 Å². The Kier molecular flexibility index (Phi) is 4.63. The number of nitrogens with zero attached hydrogens (tertiary/aromatic N) is 1. The van der Waals surface area contributed by atoms with Gasteiger partial charge in [-0.15, -0.1) is 0 Å². The molecule has 0 amide bonds. The van der Waals surface area contributed by atoms with Crippen molar-refractivity contribution in [3.63, 3.8) is 0 Å². The van der Waals surface area contributed by atoms with Crippen LogP contribution in [-0.4, -0.2) is 17.8 Å². The van der Waals surface area contributed by atoms with Crippen molar-refractivity contribution < 1.29 is 4.74 Å². The number of hydrogen-bond donors (Lipinski definition) is 1. The highest BCUT2D eigenvalue weighted by Gasteiger charge is 2.29. The lowest BCUT2D eigenvalue weighted by atomic mass is 10.1. The van der Waals surface area contributed by atoms with E-state index in [0.29, 0.717) is 0 Å². The Bertz CT molecular complexity index is 331. The maximum absolute atomic E-state index is 6.16. The van der Waals surface area contributed by atoms with Gasteiger partial charge in [-0.1, -0.05) is 13.3 Å². The van der Waals surface area contributed by atoms with Crippen LogP contribution in [0.1, 0.15) is 44.2 Å². The Morgan fingerprint density at radius 2 is 2.29 bits per heavy atom. The molecule has 0 bridgehead atoms. The number of rotatable bonds is 8. The zero-order valence-corrected chi connectivity index (χ0v) is 10.8. The van der Waals surface area contributed by atoms with Gasteiger partial charge in [0, 0.05) is 31.6 Å². The topological polar surface area (TPSA) is 40.2 Å². The molecule has 1 aliphatic rings. The van der Waals surface area contributed by atoms with Crippen molar-refractivity contribution >= 4 is 0 Å². The number of unbranched alkanes of at least 4 members (excludes halogenated alkanes) is 1. The van der Waals surface area contributed by atoms with Gasteiger partial charge in [0.2, 0.25) is 0 Å². The van der Waals surface area contributed by atoms with Crippen LogP contribution in [0.4, 0.5) is 0 Å². The lowest BCUT2D eigenvalue weighted by molar-refractivity contribution is 0.123. The standard InChI is InChI=1S/C14H24N2O/c1-2-3-9-17-10-8-16-7-6-13(11-16)14(15)12-4-5-12/h6-7,11-12,14H,2-5,8-10,15H2,1H3. The van der Waals surface area contributed by atoms with Crippen LogP contribution in [0.2, 0.25) is 0 Å². The summed E-state index contributed by atoms with van der Waals surface area (Å²) in [4.78, 5) is 0. The van der Waals surface area contributed by atoms with Crippen LogP contribution < -0.4 is 5.73 Å². The fourth-order valence-electron chi connectivity index (χ4n) is 2.04. The fraction of sp³-hybridized carbons (Fsp3) is 0.714. The van der Waals surface area contributed by atoms with E-state index >= 15 is 0 Å². The molecule has 1 aromatic rings. The molecule has 1 saturated carbocycles. The van der Waals surface area contributed by atoms with E-state index in [9.17, 15) is 0 Å². The first kappa shape index (κ1) is 12.7. The molecule has 3 heteroatoms. The second-order valence-corrected chi connectivity index (χ2v) is 5.01. The predicted molar refractivity (Wildman–Crippen MR) is 69.8 cm³/mol. The van der Waals surface area contributed by atoms with Crippen LogP contribution in [0, 0.1) is 5.92 Å². The lowest BCUT2D eigenvalue weighted by Gasteiger charge is -2.07. The highest BCUT2D eigenvalue weighted by Crippen LogP contribution is 2.39. The lowest BCUT2D eigenvalue weighted by Crippen LogP contribution is -2.11. The van der Waals surface area contributed by atoms with Crippen LogP contribution in [-0.2, 0) is 11.3 Å². The highest BCUT2D eigenvalue weighted by atomic mass is 16.5. The average Bonchev–Trinajstić information content (AvgIpc) is 3.08. The third-order valence-electron chi connectivity index (χ3n) is 3.42. The highest BCUT2D eigenvalue weighted by molar-refractivity contribution is 5.17. The van der Waals surface area contributed by atoms with Crippen LogP contribution in [0.3, 0.4) is 0 Å². The molecule has 1 heterocycles. The van der Waals surface area contributed by atoms with Crippen molar-refractivity contribution in [2.45, 2.75) is 45.2 Å². The normalized spacial score (nSPS) is 17.3. The third-order valence-corrected chi connectivity index (χ3v) is 3.42. The van der Waals surface area contributed by atoms with E-state index in [0.717, 1.165) is 32.1 Å². The first-order valence-electron chi connectivity index (χ1n) is 6.80. The van der Waals surface area contributed by atoms with Gasteiger partial charge in [0.15, 0.2) is 0 Å². The zero-order chi connectivity index (χ0) is 12.1. The molecular weight excluding hydrogens is 212 g/mol. The van der Waals surface area contributed by atoms with E-state index in [2.05, 4.69) is 30.0 Å². The van der Waals surface area contributed by atoms with E-state index in [4.69, 9.17) is 10.5 Å². The average molecular weight is 236 g/mol. The number of hydrogen-bond acceptors (Lipinski definition) is 2. The third kappa shape index (κ3) is 3.86. The molecular formula is C14H24N2O. The summed E-state index contributed by atoms with van der Waals surface area (Å²) in [7, 11) is 0. The molecule has 17 heavy (non-hydrogen) atoms. The predicted octanol–water partition coefficient (Wildman–Crippen LogP) is 2.71. The van der Waals surface area contributed by atoms with Crippen LogP contribution in [0.25, 0.3) is 0 Å². The molecule has 2 rings (SSSR count). The first-order chi connectivity index (χ1) is 8.31. The Hall–Kier alpha value is -0.800. The smallest absolute Gasteiger partial charge is 0.0645 e. The monoisotopic (exact) mass is 236 g/mol. The second kappa shape index (κ2) is 6.22. The Morgan fingerprint density at radius 1 is 1.47 bits per heavy atom. The maximum atomic E-state index is 6.16. The van der Waals surface area contributed by atoms with E-state index in [-0.39, 0.29) is 6.04 Å². The number of aromatic nitrogens is 1. The molecule has 0 aliphatic heterocycles. The van der Waals surface area contributed by atoms with Crippen molar-refractivity contribution in [3.05, 3.63) is 24.0 Å². The molecule has 0 saturated heterocycles. The molecule has 3 nitrogen and oxygen atoms in total. The van der Waals surface area contributed by atoms with Crippen molar-refractivity contribution in [2.75, 3.05) is 13.2 Å². The zero-order valence-electron chi connectivity index (χ0n) is 10.8. The summed E-state index contributed by atoms with van der Waals surface area (Å²) in [6.07, 6.45) is 9.24. The van der Waals surface area contributed by atoms with Gasteiger partial charge in [0.05, 0.1) is 6.61 Å². The Balaban J connectivity index is 1.70. The molecule has 2 N–H and O–H groups in total. The SMILES string of the molecule is CCCCOCCn1ccc(C(N)C2CC2)c1. The molecule has 1 aromatic heterocycles. The molecule has 0 aromatic carbocycles. The van der Waals surface area contributed by atoms with Crippen molar-refractivity contribution in [1.29, 1.82) is 0 Å². The van der Waals surface area contributed by atoms with E-state index < -0.39 is 0 Å². The van der Waals surface area contributed by atoms with E-state index in [1.54, 1.807) is 0 Å². The molecule has 1 unspecified atom stereocenters. The molecule has 1 aliphatic carbocycles. The van der Waals surface area contributed by atoms with Gasteiger partial charge in [-0.2, -0.15) is 0 Å². The molecule has 0 spiro atoms. The van der Waals surface area contributed by atoms with Gasteiger partial charge in [-0.3, -0.25) is 0 Å². The first-order valence-corrected chi connectivity index (χ1v) is 6.80. The summed E-state index contributed by atoms with van der Waals surface area (Å²) < 4.78 is 7.74. The molecule has 96 valence electrons. The summed E-state index contributed by atoms with van der Waals surface area (Å²) in [6, 6.07) is 2.40. The van der Waals surface area contributed by atoms with Gasteiger partial charge in [-0.25, -0.2) is 0 Å².